The zero-order valence-electron chi connectivity index (χ0n) is 7.84. The van der Waals surface area contributed by atoms with Crippen LogP contribution in [0.15, 0.2) is 9.72 Å². The maximum absolute atomic E-state index is 4.33. The number of hydrogen-bond donors (Lipinski definition) is 1. The smallest absolute Gasteiger partial charge is 0.165 e. The number of hydrogen-bond acceptors (Lipinski definition) is 4. The first-order chi connectivity index (χ1) is 5.47. The molecule has 0 spiro atoms. The molecule has 68 valence electrons. The summed E-state index contributed by atoms with van der Waals surface area (Å²) in [5.41, 5.74) is 1.24. The zero-order valence-corrected chi connectivity index (χ0v) is 9.47. The molecule has 4 heteroatoms. The minimum Gasteiger partial charge on any atom is -0.253 e. The molecule has 0 radical (unpaired) electrons. The molecule has 0 saturated heterocycles. The summed E-state index contributed by atoms with van der Waals surface area (Å²) in [4.78, 5) is 4.33. The third-order valence-corrected chi connectivity index (χ3v) is 3.31. The van der Waals surface area contributed by atoms with Crippen LogP contribution in [0.25, 0.3) is 0 Å². The Kier molecular flexibility index (Phi) is 3.15. The number of rotatable bonds is 2. The average molecular weight is 202 g/mol. The first kappa shape index (κ1) is 10.0. The molecule has 0 bridgehead atoms. The van der Waals surface area contributed by atoms with E-state index in [0.29, 0.717) is 0 Å². The Hall–Kier alpha value is -0.0600. The maximum Gasteiger partial charge on any atom is 0.165 e. The van der Waals surface area contributed by atoms with Crippen LogP contribution in [0, 0.1) is 6.92 Å². The molecule has 0 atom stereocenters. The van der Waals surface area contributed by atoms with Gasteiger partial charge in [-0.2, -0.15) is 0 Å². The van der Waals surface area contributed by atoms with Crippen molar-refractivity contribution in [1.82, 2.24) is 9.71 Å². The van der Waals surface area contributed by atoms with Crippen molar-refractivity contribution in [1.29, 1.82) is 0 Å². The summed E-state index contributed by atoms with van der Waals surface area (Å²) in [6.07, 6.45) is 0. The van der Waals surface area contributed by atoms with E-state index in [1.54, 1.807) is 23.3 Å². The SMILES string of the molecule is Cc1csc(SNC(C)(C)C)n1. The molecule has 12 heavy (non-hydrogen) atoms. The van der Waals surface area contributed by atoms with E-state index >= 15 is 0 Å². The lowest BCUT2D eigenvalue weighted by Gasteiger charge is -2.17. The zero-order chi connectivity index (χ0) is 9.19. The van der Waals surface area contributed by atoms with Crippen molar-refractivity contribution in [2.75, 3.05) is 0 Å². The molecule has 0 unspecified atom stereocenters. The number of aryl methyl sites for hydroxylation is 1. The Morgan fingerprint density at radius 1 is 1.50 bits per heavy atom. The molecule has 0 amide bonds. The summed E-state index contributed by atoms with van der Waals surface area (Å²) in [5, 5.41) is 2.06. The molecule has 0 saturated carbocycles. The minimum absolute atomic E-state index is 0.143. The van der Waals surface area contributed by atoms with Crippen LogP contribution in [-0.2, 0) is 0 Å². The van der Waals surface area contributed by atoms with Gasteiger partial charge in [-0.3, -0.25) is 4.72 Å². The lowest BCUT2D eigenvalue weighted by molar-refractivity contribution is 0.535. The third kappa shape index (κ3) is 3.56. The van der Waals surface area contributed by atoms with Crippen molar-refractivity contribution in [3.8, 4) is 0 Å². The molecule has 1 N–H and O–H groups in total. The summed E-state index contributed by atoms with van der Waals surface area (Å²) in [7, 11) is 0. The van der Waals surface area contributed by atoms with Crippen molar-refractivity contribution >= 4 is 23.3 Å². The van der Waals surface area contributed by atoms with Gasteiger partial charge in [0.1, 0.15) is 0 Å². The van der Waals surface area contributed by atoms with Crippen LogP contribution in [0.1, 0.15) is 26.5 Å². The third-order valence-electron chi connectivity index (χ3n) is 1.04. The summed E-state index contributed by atoms with van der Waals surface area (Å²) in [6, 6.07) is 0. The van der Waals surface area contributed by atoms with Gasteiger partial charge < -0.3 is 0 Å². The molecule has 0 aliphatic heterocycles. The topological polar surface area (TPSA) is 24.9 Å². The molecule has 0 aromatic carbocycles. The van der Waals surface area contributed by atoms with Crippen molar-refractivity contribution in [2.45, 2.75) is 37.6 Å². The molecule has 1 aromatic rings. The largest absolute Gasteiger partial charge is 0.253 e. The Labute approximate surface area is 81.9 Å². The Morgan fingerprint density at radius 2 is 2.17 bits per heavy atom. The van der Waals surface area contributed by atoms with E-state index in [0.717, 1.165) is 10.0 Å². The summed E-state index contributed by atoms with van der Waals surface area (Å²) >= 11 is 3.29. The molecule has 1 heterocycles. The quantitative estimate of drug-likeness (QED) is 0.746. The van der Waals surface area contributed by atoms with Crippen molar-refractivity contribution < 1.29 is 0 Å². The van der Waals surface area contributed by atoms with Gasteiger partial charge in [0.25, 0.3) is 0 Å². The fourth-order valence-electron chi connectivity index (χ4n) is 0.576. The highest BCUT2D eigenvalue weighted by Gasteiger charge is 2.10. The predicted octanol–water partition coefficient (Wildman–Crippen LogP) is 2.85. The van der Waals surface area contributed by atoms with Gasteiger partial charge in [-0.15, -0.1) is 11.3 Å². The van der Waals surface area contributed by atoms with Gasteiger partial charge in [0.2, 0.25) is 0 Å². The van der Waals surface area contributed by atoms with Crippen LogP contribution in [0.2, 0.25) is 0 Å². The highest BCUT2D eigenvalue weighted by molar-refractivity contribution is 7.99. The lowest BCUT2D eigenvalue weighted by Crippen LogP contribution is -2.29. The van der Waals surface area contributed by atoms with E-state index in [9.17, 15) is 0 Å². The standard InChI is InChI=1S/C8H14N2S2/c1-6-5-11-7(9-6)12-10-8(2,3)4/h5,10H,1-4H3. The van der Waals surface area contributed by atoms with E-state index in [2.05, 4.69) is 35.9 Å². The van der Waals surface area contributed by atoms with E-state index < -0.39 is 0 Å². The molecule has 1 aromatic heterocycles. The van der Waals surface area contributed by atoms with E-state index in [1.165, 1.54) is 0 Å². The molecular weight excluding hydrogens is 188 g/mol. The van der Waals surface area contributed by atoms with Gasteiger partial charge in [-0.1, -0.05) is 0 Å². The van der Waals surface area contributed by atoms with Crippen LogP contribution in [-0.4, -0.2) is 10.5 Å². The van der Waals surface area contributed by atoms with E-state index in [4.69, 9.17) is 0 Å². The van der Waals surface area contributed by atoms with Crippen LogP contribution < -0.4 is 4.72 Å². The lowest BCUT2D eigenvalue weighted by atomic mass is 10.1. The van der Waals surface area contributed by atoms with Crippen LogP contribution in [0.3, 0.4) is 0 Å². The Morgan fingerprint density at radius 3 is 2.58 bits per heavy atom. The fraction of sp³-hybridized carbons (Fsp3) is 0.625. The fourth-order valence-corrected chi connectivity index (χ4v) is 2.14. The average Bonchev–Trinajstić information content (AvgIpc) is 2.30. The molecule has 0 fully saturated rings. The molecular formula is C8H14N2S2. The minimum atomic E-state index is 0.143. The van der Waals surface area contributed by atoms with Crippen LogP contribution in [0.5, 0.6) is 0 Å². The normalized spacial score (nSPS) is 12.0. The van der Waals surface area contributed by atoms with Crippen LogP contribution in [0.4, 0.5) is 0 Å². The van der Waals surface area contributed by atoms with Gasteiger partial charge in [0, 0.05) is 16.6 Å². The molecule has 0 aliphatic rings. The van der Waals surface area contributed by atoms with Gasteiger partial charge >= 0.3 is 0 Å². The molecule has 0 aliphatic carbocycles. The monoisotopic (exact) mass is 202 g/mol. The number of nitrogens with one attached hydrogen (secondary N) is 1. The Balaban J connectivity index is 2.44. The number of nitrogens with zero attached hydrogens (tertiary/aromatic N) is 1. The summed E-state index contributed by atoms with van der Waals surface area (Å²) < 4.78 is 4.40. The highest BCUT2D eigenvalue weighted by atomic mass is 32.2. The van der Waals surface area contributed by atoms with E-state index in [-0.39, 0.29) is 5.54 Å². The van der Waals surface area contributed by atoms with Crippen molar-refractivity contribution in [3.05, 3.63) is 11.1 Å². The van der Waals surface area contributed by atoms with E-state index in [1.807, 2.05) is 6.92 Å². The number of thiazole rings is 1. The van der Waals surface area contributed by atoms with Gasteiger partial charge in [0.05, 0.1) is 0 Å². The van der Waals surface area contributed by atoms with Crippen molar-refractivity contribution in [2.24, 2.45) is 0 Å². The second-order valence-corrected chi connectivity index (χ2v) is 5.62. The second-order valence-electron chi connectivity index (χ2n) is 3.71. The van der Waals surface area contributed by atoms with Crippen molar-refractivity contribution in [3.63, 3.8) is 0 Å². The first-order valence-electron chi connectivity index (χ1n) is 3.83. The molecule has 1 rings (SSSR count). The van der Waals surface area contributed by atoms with Crippen LogP contribution >= 0.6 is 23.3 Å². The Bertz CT molecular complexity index is 250. The van der Waals surface area contributed by atoms with Gasteiger partial charge in [0.15, 0.2) is 4.34 Å². The predicted molar refractivity (Wildman–Crippen MR) is 55.6 cm³/mol. The maximum atomic E-state index is 4.33. The second kappa shape index (κ2) is 3.77. The number of aromatic nitrogens is 1. The van der Waals surface area contributed by atoms with Gasteiger partial charge in [-0.05, 0) is 39.6 Å². The molecule has 2 nitrogen and oxygen atoms in total. The summed E-state index contributed by atoms with van der Waals surface area (Å²) in [6.45, 7) is 8.43. The first-order valence-corrected chi connectivity index (χ1v) is 5.53. The summed E-state index contributed by atoms with van der Waals surface area (Å²) in [5.74, 6) is 0. The highest BCUT2D eigenvalue weighted by Crippen LogP contribution is 2.21. The van der Waals surface area contributed by atoms with Gasteiger partial charge in [-0.25, -0.2) is 4.98 Å².